The van der Waals surface area contributed by atoms with Gasteiger partial charge in [-0.05, 0) is 36.2 Å². The number of aromatic nitrogens is 3. The Balaban J connectivity index is 1.83. The molecule has 2 N–H and O–H groups in total. The largest absolute Gasteiger partial charge is 0.326 e. The van der Waals surface area contributed by atoms with Crippen molar-refractivity contribution in [1.82, 2.24) is 14.6 Å². The van der Waals surface area contributed by atoms with Crippen molar-refractivity contribution in [3.8, 4) is 0 Å². The van der Waals surface area contributed by atoms with Crippen molar-refractivity contribution < 1.29 is 9.59 Å². The molecule has 0 saturated heterocycles. The molecule has 0 unspecified atom stereocenters. The number of nitrogens with one attached hydrogen (secondary N) is 2. The van der Waals surface area contributed by atoms with Crippen molar-refractivity contribution in [2.24, 2.45) is 0 Å². The molecule has 2 heterocycles. The zero-order chi connectivity index (χ0) is 16.4. The normalized spacial score (nSPS) is 10.7. The number of carbonyl (C=O) groups is 2. The van der Waals surface area contributed by atoms with Gasteiger partial charge in [0.25, 0.3) is 5.91 Å². The van der Waals surface area contributed by atoms with E-state index in [1.165, 1.54) is 18.3 Å². The van der Waals surface area contributed by atoms with E-state index in [2.05, 4.69) is 25.2 Å². The van der Waals surface area contributed by atoms with E-state index >= 15 is 0 Å². The molecule has 9 heteroatoms. The van der Waals surface area contributed by atoms with Crippen molar-refractivity contribution in [1.29, 1.82) is 0 Å². The first-order valence-corrected chi connectivity index (χ1v) is 8.46. The Kier molecular flexibility index (Phi) is 4.30. The zero-order valence-corrected chi connectivity index (χ0v) is 14.0. The summed E-state index contributed by atoms with van der Waals surface area (Å²) in [5.74, 6) is -0.384. The standard InChI is InChI=1S/C14H13N5O2S2/c1-3-9-12(23-19-18-9)13(21)17-14-16-10-5-4-8(15-7(2)20)6-11(10)22-14/h4-6H,3H2,1-2H3,(H,15,20)(H,16,17,21). The molecule has 0 aliphatic rings. The maximum Gasteiger partial charge on any atom is 0.271 e. The summed E-state index contributed by atoms with van der Waals surface area (Å²) in [5, 5.41) is 9.93. The molecule has 0 fully saturated rings. The summed E-state index contributed by atoms with van der Waals surface area (Å²) < 4.78 is 4.69. The fraction of sp³-hybridized carbons (Fsp3) is 0.214. The maximum absolute atomic E-state index is 12.3. The van der Waals surface area contributed by atoms with Crippen LogP contribution in [0.2, 0.25) is 0 Å². The number of hydrogen-bond acceptors (Lipinski definition) is 7. The average molecular weight is 347 g/mol. The van der Waals surface area contributed by atoms with Crippen molar-refractivity contribution >= 4 is 55.7 Å². The Bertz CT molecular complexity index is 886. The van der Waals surface area contributed by atoms with Crippen LogP contribution in [0.5, 0.6) is 0 Å². The van der Waals surface area contributed by atoms with Gasteiger partial charge in [0.1, 0.15) is 4.88 Å². The van der Waals surface area contributed by atoms with Gasteiger partial charge < -0.3 is 5.32 Å². The van der Waals surface area contributed by atoms with Crippen LogP contribution in [0.4, 0.5) is 10.8 Å². The SMILES string of the molecule is CCc1nnsc1C(=O)Nc1nc2ccc(NC(C)=O)cc2s1. The minimum absolute atomic E-state index is 0.132. The molecule has 0 spiro atoms. The molecular formula is C14H13N5O2S2. The van der Waals surface area contributed by atoms with Crippen LogP contribution in [0.3, 0.4) is 0 Å². The molecule has 7 nitrogen and oxygen atoms in total. The zero-order valence-electron chi connectivity index (χ0n) is 12.4. The van der Waals surface area contributed by atoms with E-state index in [1.807, 2.05) is 13.0 Å². The third-order valence-electron chi connectivity index (χ3n) is 3.03. The van der Waals surface area contributed by atoms with E-state index in [0.29, 0.717) is 27.8 Å². The van der Waals surface area contributed by atoms with Gasteiger partial charge in [-0.1, -0.05) is 22.7 Å². The predicted octanol–water partition coefficient (Wildman–Crippen LogP) is 2.92. The number of nitrogens with zero attached hydrogens (tertiary/aromatic N) is 3. The summed E-state index contributed by atoms with van der Waals surface area (Å²) in [6.45, 7) is 3.38. The molecule has 3 rings (SSSR count). The lowest BCUT2D eigenvalue weighted by molar-refractivity contribution is -0.114. The van der Waals surface area contributed by atoms with Crippen LogP contribution in [-0.2, 0) is 11.2 Å². The molecule has 0 saturated carbocycles. The van der Waals surface area contributed by atoms with E-state index < -0.39 is 0 Å². The van der Waals surface area contributed by atoms with Crippen molar-refractivity contribution in [3.63, 3.8) is 0 Å². The van der Waals surface area contributed by atoms with Gasteiger partial charge in [0.2, 0.25) is 5.91 Å². The van der Waals surface area contributed by atoms with Crippen LogP contribution in [0.25, 0.3) is 10.2 Å². The molecule has 0 radical (unpaired) electrons. The van der Waals surface area contributed by atoms with Crippen LogP contribution in [0.15, 0.2) is 18.2 Å². The van der Waals surface area contributed by atoms with E-state index in [1.54, 1.807) is 12.1 Å². The Labute approximate surface area is 139 Å². The van der Waals surface area contributed by atoms with Crippen molar-refractivity contribution in [3.05, 3.63) is 28.8 Å². The Morgan fingerprint density at radius 3 is 2.83 bits per heavy atom. The molecule has 0 aliphatic heterocycles. The molecule has 0 bridgehead atoms. The molecule has 23 heavy (non-hydrogen) atoms. The van der Waals surface area contributed by atoms with Crippen LogP contribution in [0.1, 0.15) is 29.2 Å². The number of fused-ring (bicyclic) bond motifs is 1. The maximum atomic E-state index is 12.3. The summed E-state index contributed by atoms with van der Waals surface area (Å²) >= 11 is 2.42. The van der Waals surface area contributed by atoms with Crippen molar-refractivity contribution in [2.45, 2.75) is 20.3 Å². The van der Waals surface area contributed by atoms with Gasteiger partial charge in [0.15, 0.2) is 5.13 Å². The van der Waals surface area contributed by atoms with Gasteiger partial charge in [0, 0.05) is 12.6 Å². The van der Waals surface area contributed by atoms with E-state index in [-0.39, 0.29) is 11.8 Å². The van der Waals surface area contributed by atoms with E-state index in [4.69, 9.17) is 0 Å². The smallest absolute Gasteiger partial charge is 0.271 e. The number of hydrogen-bond donors (Lipinski definition) is 2. The summed E-state index contributed by atoms with van der Waals surface area (Å²) in [5.41, 5.74) is 2.14. The number of rotatable bonds is 4. The van der Waals surface area contributed by atoms with E-state index in [9.17, 15) is 9.59 Å². The Hall–Kier alpha value is -2.39. The first-order chi connectivity index (χ1) is 11.1. The second-order valence-corrected chi connectivity index (χ2v) is 6.52. The molecule has 0 atom stereocenters. The molecule has 118 valence electrons. The van der Waals surface area contributed by atoms with Gasteiger partial charge in [0.05, 0.1) is 15.9 Å². The summed E-state index contributed by atoms with van der Waals surface area (Å²) in [4.78, 5) is 28.3. The summed E-state index contributed by atoms with van der Waals surface area (Å²) in [7, 11) is 0. The van der Waals surface area contributed by atoms with Crippen molar-refractivity contribution in [2.75, 3.05) is 10.6 Å². The van der Waals surface area contributed by atoms with Gasteiger partial charge in [-0.3, -0.25) is 14.9 Å². The first-order valence-electron chi connectivity index (χ1n) is 6.87. The molecule has 2 aromatic heterocycles. The molecule has 3 aromatic rings. The second-order valence-electron chi connectivity index (χ2n) is 4.74. The number of carbonyl (C=O) groups excluding carboxylic acids is 2. The fourth-order valence-corrected chi connectivity index (χ4v) is 3.57. The predicted molar refractivity (Wildman–Crippen MR) is 91.2 cm³/mol. The Morgan fingerprint density at radius 2 is 2.09 bits per heavy atom. The highest BCUT2D eigenvalue weighted by atomic mass is 32.1. The summed E-state index contributed by atoms with van der Waals surface area (Å²) in [6, 6.07) is 5.41. The topological polar surface area (TPSA) is 96.9 Å². The third kappa shape index (κ3) is 3.35. The third-order valence-corrected chi connectivity index (χ3v) is 4.73. The minimum Gasteiger partial charge on any atom is -0.326 e. The van der Waals surface area contributed by atoms with Crippen LogP contribution in [0, 0.1) is 0 Å². The number of anilines is 2. The van der Waals surface area contributed by atoms with Gasteiger partial charge in [-0.25, -0.2) is 4.98 Å². The number of amides is 2. The highest BCUT2D eigenvalue weighted by Gasteiger charge is 2.16. The number of benzene rings is 1. The second kappa shape index (κ2) is 6.39. The molecular weight excluding hydrogens is 334 g/mol. The van der Waals surface area contributed by atoms with Crippen LogP contribution < -0.4 is 10.6 Å². The Morgan fingerprint density at radius 1 is 1.26 bits per heavy atom. The lowest BCUT2D eigenvalue weighted by atomic mass is 10.3. The average Bonchev–Trinajstić information content (AvgIpc) is 3.11. The molecule has 0 aliphatic carbocycles. The van der Waals surface area contributed by atoms with E-state index in [0.717, 1.165) is 21.7 Å². The molecule has 1 aromatic carbocycles. The van der Waals surface area contributed by atoms with Gasteiger partial charge in [-0.15, -0.1) is 5.10 Å². The lowest BCUT2D eigenvalue weighted by Crippen LogP contribution is -2.12. The fourth-order valence-electron chi connectivity index (χ4n) is 2.03. The molecule has 2 amide bonds. The number of thiazole rings is 1. The quantitative estimate of drug-likeness (QED) is 0.756. The highest BCUT2D eigenvalue weighted by Crippen LogP contribution is 2.29. The number of aryl methyl sites for hydroxylation is 1. The first kappa shape index (κ1) is 15.5. The van der Waals surface area contributed by atoms with Gasteiger partial charge in [-0.2, -0.15) is 0 Å². The minimum atomic E-state index is -0.252. The summed E-state index contributed by atoms with van der Waals surface area (Å²) in [6.07, 6.45) is 0.652. The van der Waals surface area contributed by atoms with Crippen LogP contribution in [-0.4, -0.2) is 26.4 Å². The highest BCUT2D eigenvalue weighted by molar-refractivity contribution is 7.22. The lowest BCUT2D eigenvalue weighted by Gasteiger charge is -1.99. The monoisotopic (exact) mass is 347 g/mol. The van der Waals surface area contributed by atoms with Crippen LogP contribution >= 0.6 is 22.9 Å². The van der Waals surface area contributed by atoms with Gasteiger partial charge >= 0.3 is 0 Å².